The van der Waals surface area contributed by atoms with E-state index in [-0.39, 0.29) is 0 Å². The highest BCUT2D eigenvalue weighted by atomic mass is 16.1. The van der Waals surface area contributed by atoms with Crippen LogP contribution in [0.3, 0.4) is 0 Å². The van der Waals surface area contributed by atoms with Crippen LogP contribution in [-0.2, 0) is 4.79 Å². The van der Waals surface area contributed by atoms with E-state index in [0.29, 0.717) is 11.7 Å². The van der Waals surface area contributed by atoms with Crippen molar-refractivity contribution in [3.8, 4) is 0 Å². The summed E-state index contributed by atoms with van der Waals surface area (Å²) in [6.45, 7) is 0. The van der Waals surface area contributed by atoms with Crippen molar-refractivity contribution in [3.05, 3.63) is 23.8 Å². The minimum atomic E-state index is 0.445. The monoisotopic (exact) mass is 242 g/mol. The zero-order valence-electron chi connectivity index (χ0n) is 11.0. The van der Waals surface area contributed by atoms with Crippen LogP contribution in [0.5, 0.6) is 0 Å². The zero-order chi connectivity index (χ0) is 12.1. The molecule has 0 aromatic heterocycles. The van der Waals surface area contributed by atoms with Crippen LogP contribution in [0, 0.1) is 29.6 Å². The summed E-state index contributed by atoms with van der Waals surface area (Å²) >= 11 is 0. The predicted octanol–water partition coefficient (Wildman–Crippen LogP) is 3.90. The Balaban J connectivity index is 1.65. The van der Waals surface area contributed by atoms with Crippen molar-refractivity contribution in [2.45, 2.75) is 44.9 Å². The molecule has 0 bridgehead atoms. The maximum atomic E-state index is 11.9. The molecule has 0 unspecified atom stereocenters. The molecule has 0 aromatic rings. The molecule has 2 saturated carbocycles. The molecule has 0 spiro atoms. The van der Waals surface area contributed by atoms with Gasteiger partial charge in [-0.05, 0) is 67.8 Å². The average molecular weight is 242 g/mol. The minimum absolute atomic E-state index is 0.445. The van der Waals surface area contributed by atoms with Crippen LogP contribution in [0.25, 0.3) is 0 Å². The summed E-state index contributed by atoms with van der Waals surface area (Å²) < 4.78 is 0. The van der Waals surface area contributed by atoms with Crippen molar-refractivity contribution in [2.75, 3.05) is 0 Å². The summed E-state index contributed by atoms with van der Waals surface area (Å²) in [6, 6.07) is 0. The summed E-state index contributed by atoms with van der Waals surface area (Å²) in [5.41, 5.74) is 1.62. The maximum absolute atomic E-state index is 11.9. The van der Waals surface area contributed by atoms with Gasteiger partial charge in [-0.25, -0.2) is 0 Å². The van der Waals surface area contributed by atoms with Gasteiger partial charge in [-0.1, -0.05) is 18.2 Å². The molecule has 0 heterocycles. The molecule has 0 N–H and O–H groups in total. The zero-order valence-corrected chi connectivity index (χ0v) is 11.0. The first-order chi connectivity index (χ1) is 8.84. The SMILES string of the molecule is O=C1CC[C@H]2[C@@H]3CC=C4C=CCC[C@@H]4[C@H]3CC[C@H]12. The molecule has 18 heavy (non-hydrogen) atoms. The number of allylic oxidation sites excluding steroid dienone is 4. The molecule has 0 aliphatic heterocycles. The lowest BCUT2D eigenvalue weighted by molar-refractivity contribution is -0.123. The van der Waals surface area contributed by atoms with Crippen LogP contribution in [0.1, 0.15) is 44.9 Å². The number of ketones is 1. The Labute approximate surface area is 109 Å². The smallest absolute Gasteiger partial charge is 0.136 e. The fourth-order valence-corrected chi connectivity index (χ4v) is 5.31. The lowest BCUT2D eigenvalue weighted by Crippen LogP contribution is -2.40. The van der Waals surface area contributed by atoms with Crippen LogP contribution in [0.4, 0.5) is 0 Å². The van der Waals surface area contributed by atoms with E-state index in [9.17, 15) is 4.79 Å². The van der Waals surface area contributed by atoms with Crippen molar-refractivity contribution in [1.82, 2.24) is 0 Å². The van der Waals surface area contributed by atoms with Crippen molar-refractivity contribution >= 4 is 5.78 Å². The van der Waals surface area contributed by atoms with E-state index in [1.54, 1.807) is 5.57 Å². The van der Waals surface area contributed by atoms with E-state index < -0.39 is 0 Å². The molecule has 5 atom stereocenters. The Morgan fingerprint density at radius 1 is 0.944 bits per heavy atom. The Bertz CT molecular complexity index is 431. The summed E-state index contributed by atoms with van der Waals surface area (Å²) in [5.74, 6) is 4.31. The molecule has 96 valence electrons. The van der Waals surface area contributed by atoms with Gasteiger partial charge in [-0.3, -0.25) is 4.79 Å². The van der Waals surface area contributed by atoms with Crippen molar-refractivity contribution < 1.29 is 4.79 Å². The van der Waals surface area contributed by atoms with E-state index in [4.69, 9.17) is 0 Å². The van der Waals surface area contributed by atoms with Crippen LogP contribution in [-0.4, -0.2) is 5.78 Å². The molecule has 1 heteroatoms. The maximum Gasteiger partial charge on any atom is 0.136 e. The Morgan fingerprint density at radius 3 is 2.78 bits per heavy atom. The summed E-state index contributed by atoms with van der Waals surface area (Å²) in [5, 5.41) is 0. The summed E-state index contributed by atoms with van der Waals surface area (Å²) in [7, 11) is 0. The second-order valence-electron chi connectivity index (χ2n) is 6.71. The molecule has 2 fully saturated rings. The van der Waals surface area contributed by atoms with Gasteiger partial charge in [0.2, 0.25) is 0 Å². The average Bonchev–Trinajstić information content (AvgIpc) is 2.80. The highest BCUT2D eigenvalue weighted by Crippen LogP contribution is 2.54. The standard InChI is InChI=1S/C17H22O/c18-17-10-9-15-14-6-5-11-3-1-2-4-12(11)13(14)7-8-16(15)17/h1,3,5,12-16H,2,4,6-10H2/t12-,13+,14+,15-,16-/m0/s1. The van der Waals surface area contributed by atoms with Gasteiger partial charge >= 0.3 is 0 Å². The second-order valence-corrected chi connectivity index (χ2v) is 6.71. The third-order valence-corrected chi connectivity index (χ3v) is 6.09. The van der Waals surface area contributed by atoms with E-state index >= 15 is 0 Å². The number of hydrogen-bond donors (Lipinski definition) is 0. The molecule has 0 radical (unpaired) electrons. The van der Waals surface area contributed by atoms with Gasteiger partial charge in [0.25, 0.3) is 0 Å². The number of carbonyl (C=O) groups excluding carboxylic acids is 1. The topological polar surface area (TPSA) is 17.1 Å². The van der Waals surface area contributed by atoms with Crippen molar-refractivity contribution in [2.24, 2.45) is 29.6 Å². The number of rotatable bonds is 0. The van der Waals surface area contributed by atoms with E-state index in [1.165, 1.54) is 38.5 Å². The molecule has 4 rings (SSSR count). The summed E-state index contributed by atoms with van der Waals surface area (Å²) in [4.78, 5) is 11.9. The highest BCUT2D eigenvalue weighted by Gasteiger charge is 2.48. The third kappa shape index (κ3) is 1.49. The number of fused-ring (bicyclic) bond motifs is 5. The van der Waals surface area contributed by atoms with Crippen LogP contribution in [0.15, 0.2) is 23.8 Å². The number of carbonyl (C=O) groups is 1. The minimum Gasteiger partial charge on any atom is -0.299 e. The van der Waals surface area contributed by atoms with E-state index in [0.717, 1.165) is 30.1 Å². The number of hydrogen-bond acceptors (Lipinski definition) is 1. The van der Waals surface area contributed by atoms with E-state index in [2.05, 4.69) is 18.2 Å². The molecular formula is C17H22O. The second kappa shape index (κ2) is 4.08. The highest BCUT2D eigenvalue weighted by molar-refractivity contribution is 5.83. The lowest BCUT2D eigenvalue weighted by atomic mass is 9.58. The molecule has 0 aromatic carbocycles. The number of Topliss-reactive ketones (excluding diaryl/α,β-unsaturated/α-hetero) is 1. The van der Waals surface area contributed by atoms with Gasteiger partial charge in [0.15, 0.2) is 0 Å². The third-order valence-electron chi connectivity index (χ3n) is 6.09. The molecule has 1 nitrogen and oxygen atoms in total. The van der Waals surface area contributed by atoms with Gasteiger partial charge in [0, 0.05) is 12.3 Å². The fraction of sp³-hybridized carbons (Fsp3) is 0.706. The first-order valence-corrected chi connectivity index (χ1v) is 7.74. The van der Waals surface area contributed by atoms with Crippen LogP contribution < -0.4 is 0 Å². The predicted molar refractivity (Wildman–Crippen MR) is 72.0 cm³/mol. The normalized spacial score (nSPS) is 46.1. The van der Waals surface area contributed by atoms with Crippen molar-refractivity contribution in [1.29, 1.82) is 0 Å². The molecule has 4 aliphatic carbocycles. The Kier molecular flexibility index (Phi) is 2.50. The van der Waals surface area contributed by atoms with Gasteiger partial charge in [0.05, 0.1) is 0 Å². The molecular weight excluding hydrogens is 220 g/mol. The van der Waals surface area contributed by atoms with Gasteiger partial charge in [-0.15, -0.1) is 0 Å². The Morgan fingerprint density at radius 2 is 1.83 bits per heavy atom. The Hall–Kier alpha value is -0.850. The summed E-state index contributed by atoms with van der Waals surface area (Å²) in [6.07, 6.45) is 15.6. The molecule has 0 amide bonds. The van der Waals surface area contributed by atoms with Crippen LogP contribution in [0.2, 0.25) is 0 Å². The van der Waals surface area contributed by atoms with Gasteiger partial charge in [-0.2, -0.15) is 0 Å². The quantitative estimate of drug-likeness (QED) is 0.629. The van der Waals surface area contributed by atoms with Gasteiger partial charge < -0.3 is 0 Å². The molecule has 0 saturated heterocycles. The fourth-order valence-electron chi connectivity index (χ4n) is 5.31. The molecule has 4 aliphatic rings. The first-order valence-electron chi connectivity index (χ1n) is 7.74. The first kappa shape index (κ1) is 11.0. The van der Waals surface area contributed by atoms with Crippen molar-refractivity contribution in [3.63, 3.8) is 0 Å². The largest absolute Gasteiger partial charge is 0.299 e. The lowest BCUT2D eigenvalue weighted by Gasteiger charge is -2.47. The van der Waals surface area contributed by atoms with E-state index in [1.807, 2.05) is 0 Å². The van der Waals surface area contributed by atoms with Gasteiger partial charge in [0.1, 0.15) is 5.78 Å². The van der Waals surface area contributed by atoms with Crippen LogP contribution >= 0.6 is 0 Å².